The topological polar surface area (TPSA) is 61.8 Å². The Morgan fingerprint density at radius 2 is 1.95 bits per heavy atom. The number of carbonyl (C=O) groups excluding carboxylic acids is 2. The second-order valence-electron chi connectivity index (χ2n) is 4.18. The third-order valence-electron chi connectivity index (χ3n) is 2.65. The SMILES string of the molecule is CCOC(=O)CC(=O)Cc1ccc2c(c1)OCCO2. The van der Waals surface area contributed by atoms with Crippen LogP contribution in [-0.4, -0.2) is 31.6 Å². The number of ether oxygens (including phenoxy) is 3. The Bertz CT molecular complexity index is 481. The van der Waals surface area contributed by atoms with Crippen molar-refractivity contribution in [2.75, 3.05) is 19.8 Å². The van der Waals surface area contributed by atoms with Gasteiger partial charge in [-0.3, -0.25) is 9.59 Å². The van der Waals surface area contributed by atoms with Gasteiger partial charge in [0.25, 0.3) is 0 Å². The van der Waals surface area contributed by atoms with Gasteiger partial charge in [-0.05, 0) is 24.6 Å². The zero-order chi connectivity index (χ0) is 13.7. The molecule has 1 heterocycles. The number of benzene rings is 1. The van der Waals surface area contributed by atoms with Crippen molar-refractivity contribution in [1.82, 2.24) is 0 Å². The van der Waals surface area contributed by atoms with Crippen molar-refractivity contribution in [3.63, 3.8) is 0 Å². The largest absolute Gasteiger partial charge is 0.486 e. The number of rotatable bonds is 5. The summed E-state index contributed by atoms with van der Waals surface area (Å²) in [5, 5.41) is 0. The highest BCUT2D eigenvalue weighted by Gasteiger charge is 2.15. The van der Waals surface area contributed by atoms with E-state index in [-0.39, 0.29) is 25.2 Å². The van der Waals surface area contributed by atoms with Crippen LogP contribution in [0.15, 0.2) is 18.2 Å². The summed E-state index contributed by atoms with van der Waals surface area (Å²) < 4.78 is 15.6. The Hall–Kier alpha value is -2.04. The van der Waals surface area contributed by atoms with Crippen molar-refractivity contribution in [1.29, 1.82) is 0 Å². The first-order chi connectivity index (χ1) is 9.19. The van der Waals surface area contributed by atoms with Gasteiger partial charge in [0, 0.05) is 6.42 Å². The van der Waals surface area contributed by atoms with Crippen LogP contribution in [0.2, 0.25) is 0 Å². The van der Waals surface area contributed by atoms with E-state index in [1.807, 2.05) is 0 Å². The number of ketones is 1. The molecule has 0 aromatic heterocycles. The monoisotopic (exact) mass is 264 g/mol. The first-order valence-electron chi connectivity index (χ1n) is 6.25. The Balaban J connectivity index is 1.95. The Morgan fingerprint density at radius 3 is 2.68 bits per heavy atom. The van der Waals surface area contributed by atoms with Gasteiger partial charge in [0.1, 0.15) is 25.4 Å². The third-order valence-corrected chi connectivity index (χ3v) is 2.65. The Morgan fingerprint density at radius 1 is 1.21 bits per heavy atom. The minimum Gasteiger partial charge on any atom is -0.486 e. The minimum absolute atomic E-state index is 0.171. The smallest absolute Gasteiger partial charge is 0.313 e. The summed E-state index contributed by atoms with van der Waals surface area (Å²) in [5.74, 6) is 0.681. The van der Waals surface area contributed by atoms with Gasteiger partial charge in [0.15, 0.2) is 11.5 Å². The maximum Gasteiger partial charge on any atom is 0.313 e. The van der Waals surface area contributed by atoms with Crippen LogP contribution in [0.5, 0.6) is 11.5 Å². The van der Waals surface area contributed by atoms with Gasteiger partial charge in [-0.15, -0.1) is 0 Å². The molecule has 0 bridgehead atoms. The Labute approximate surface area is 111 Å². The summed E-state index contributed by atoms with van der Waals surface area (Å²) >= 11 is 0. The highest BCUT2D eigenvalue weighted by atomic mass is 16.6. The van der Waals surface area contributed by atoms with E-state index in [1.54, 1.807) is 25.1 Å². The molecule has 5 heteroatoms. The number of esters is 1. The minimum atomic E-state index is -0.481. The van der Waals surface area contributed by atoms with E-state index in [0.29, 0.717) is 24.7 Å². The van der Waals surface area contributed by atoms with Gasteiger partial charge in [0.2, 0.25) is 0 Å². The molecule has 0 fully saturated rings. The van der Waals surface area contributed by atoms with E-state index >= 15 is 0 Å². The molecule has 102 valence electrons. The summed E-state index contributed by atoms with van der Waals surface area (Å²) in [5.41, 5.74) is 0.804. The van der Waals surface area contributed by atoms with E-state index in [0.717, 1.165) is 5.56 Å². The number of carbonyl (C=O) groups is 2. The first kappa shape index (κ1) is 13.4. The molecule has 0 saturated heterocycles. The second-order valence-corrected chi connectivity index (χ2v) is 4.18. The molecule has 5 nitrogen and oxygen atoms in total. The molecule has 0 spiro atoms. The van der Waals surface area contributed by atoms with Crippen LogP contribution in [-0.2, 0) is 20.7 Å². The average Bonchev–Trinajstić information content (AvgIpc) is 2.38. The number of Topliss-reactive ketones (excluding diaryl/α,β-unsaturated/α-hetero) is 1. The van der Waals surface area contributed by atoms with Crippen molar-refractivity contribution in [3.8, 4) is 11.5 Å². The zero-order valence-electron chi connectivity index (χ0n) is 10.8. The fourth-order valence-corrected chi connectivity index (χ4v) is 1.86. The molecule has 0 aliphatic carbocycles. The molecule has 0 radical (unpaired) electrons. The van der Waals surface area contributed by atoms with Crippen molar-refractivity contribution >= 4 is 11.8 Å². The van der Waals surface area contributed by atoms with Gasteiger partial charge in [0.05, 0.1) is 6.61 Å². The molecule has 1 aliphatic heterocycles. The molecule has 0 unspecified atom stereocenters. The molecular weight excluding hydrogens is 248 g/mol. The number of hydrogen-bond acceptors (Lipinski definition) is 5. The van der Waals surface area contributed by atoms with E-state index in [1.165, 1.54) is 0 Å². The maximum absolute atomic E-state index is 11.7. The van der Waals surface area contributed by atoms with Gasteiger partial charge >= 0.3 is 5.97 Å². The molecule has 0 amide bonds. The molecule has 2 rings (SSSR count). The summed E-state index contributed by atoms with van der Waals surface area (Å²) in [6, 6.07) is 5.36. The van der Waals surface area contributed by atoms with Crippen LogP contribution < -0.4 is 9.47 Å². The van der Waals surface area contributed by atoms with E-state index in [4.69, 9.17) is 14.2 Å². The van der Waals surface area contributed by atoms with Crippen LogP contribution in [0.25, 0.3) is 0 Å². The molecule has 0 N–H and O–H groups in total. The van der Waals surface area contributed by atoms with Crippen molar-refractivity contribution < 1.29 is 23.8 Å². The lowest BCUT2D eigenvalue weighted by molar-refractivity contribution is -0.145. The number of hydrogen-bond donors (Lipinski definition) is 0. The average molecular weight is 264 g/mol. The van der Waals surface area contributed by atoms with Crippen LogP contribution in [0.4, 0.5) is 0 Å². The van der Waals surface area contributed by atoms with Crippen LogP contribution in [0, 0.1) is 0 Å². The van der Waals surface area contributed by atoms with E-state index in [9.17, 15) is 9.59 Å². The van der Waals surface area contributed by atoms with E-state index in [2.05, 4.69) is 0 Å². The lowest BCUT2D eigenvalue weighted by atomic mass is 10.1. The van der Waals surface area contributed by atoms with Gasteiger partial charge in [-0.1, -0.05) is 6.07 Å². The quantitative estimate of drug-likeness (QED) is 0.596. The Kier molecular flexibility index (Phi) is 4.39. The zero-order valence-corrected chi connectivity index (χ0v) is 10.8. The molecule has 1 aromatic rings. The molecule has 0 saturated carbocycles. The predicted octanol–water partition coefficient (Wildman–Crippen LogP) is 1.52. The van der Waals surface area contributed by atoms with Crippen LogP contribution in [0.3, 0.4) is 0 Å². The lowest BCUT2D eigenvalue weighted by Crippen LogP contribution is -2.16. The first-order valence-corrected chi connectivity index (χ1v) is 6.25. The summed E-state index contributed by atoms with van der Waals surface area (Å²) in [4.78, 5) is 22.9. The molecule has 1 aromatic carbocycles. The normalized spacial score (nSPS) is 12.9. The van der Waals surface area contributed by atoms with Crippen molar-refractivity contribution in [3.05, 3.63) is 23.8 Å². The highest BCUT2D eigenvalue weighted by molar-refractivity contribution is 5.96. The van der Waals surface area contributed by atoms with Crippen LogP contribution >= 0.6 is 0 Å². The third kappa shape index (κ3) is 3.71. The number of fused-ring (bicyclic) bond motifs is 1. The fourth-order valence-electron chi connectivity index (χ4n) is 1.86. The molecule has 19 heavy (non-hydrogen) atoms. The molecular formula is C14H16O5. The van der Waals surface area contributed by atoms with Gasteiger partial charge < -0.3 is 14.2 Å². The highest BCUT2D eigenvalue weighted by Crippen LogP contribution is 2.30. The standard InChI is InChI=1S/C14H16O5/c1-2-17-14(16)9-11(15)7-10-3-4-12-13(8-10)19-6-5-18-12/h3-4,8H,2,5-7,9H2,1H3. The summed E-state index contributed by atoms with van der Waals surface area (Å²) in [6.45, 7) is 3.04. The lowest BCUT2D eigenvalue weighted by Gasteiger charge is -2.18. The second kappa shape index (κ2) is 6.22. The predicted molar refractivity (Wildman–Crippen MR) is 67.4 cm³/mol. The van der Waals surface area contributed by atoms with Crippen LogP contribution in [0.1, 0.15) is 18.9 Å². The molecule has 1 aliphatic rings. The van der Waals surface area contributed by atoms with Crippen molar-refractivity contribution in [2.24, 2.45) is 0 Å². The molecule has 0 atom stereocenters. The fraction of sp³-hybridized carbons (Fsp3) is 0.429. The van der Waals surface area contributed by atoms with Gasteiger partial charge in [-0.25, -0.2) is 0 Å². The summed E-state index contributed by atoms with van der Waals surface area (Å²) in [6.07, 6.45) is -0.00225. The van der Waals surface area contributed by atoms with Crippen molar-refractivity contribution in [2.45, 2.75) is 19.8 Å². The maximum atomic E-state index is 11.7. The summed E-state index contributed by atoms with van der Waals surface area (Å²) in [7, 11) is 0. The van der Waals surface area contributed by atoms with Gasteiger partial charge in [-0.2, -0.15) is 0 Å². The van der Waals surface area contributed by atoms with E-state index < -0.39 is 5.97 Å².